The summed E-state index contributed by atoms with van der Waals surface area (Å²) in [5, 5.41) is 28.0. The molecule has 25 heavy (non-hydrogen) atoms. The fourth-order valence-corrected chi connectivity index (χ4v) is 5.38. The van der Waals surface area contributed by atoms with Gasteiger partial charge in [-0.05, 0) is 55.1 Å². The first-order valence-electron chi connectivity index (χ1n) is 8.85. The van der Waals surface area contributed by atoms with Gasteiger partial charge >= 0.3 is 0 Å². The normalized spacial score (nSPS) is 36.4. The fourth-order valence-electron chi connectivity index (χ4n) is 5.38. The van der Waals surface area contributed by atoms with Crippen molar-refractivity contribution in [3.8, 4) is 5.75 Å². The Labute approximate surface area is 146 Å². The molecule has 4 rings (SSSR count). The number of rotatable bonds is 1. The molecule has 0 aromatic heterocycles. The molecule has 6 heteroatoms. The third-order valence-electron chi connectivity index (χ3n) is 6.49. The predicted molar refractivity (Wildman–Crippen MR) is 91.4 cm³/mol. The van der Waals surface area contributed by atoms with E-state index in [-0.39, 0.29) is 36.3 Å². The van der Waals surface area contributed by atoms with Gasteiger partial charge in [0.1, 0.15) is 5.75 Å². The Bertz CT molecular complexity index is 777. The van der Waals surface area contributed by atoms with Crippen molar-refractivity contribution in [1.82, 2.24) is 10.6 Å². The highest BCUT2D eigenvalue weighted by Crippen LogP contribution is 2.56. The molecule has 6 nitrogen and oxygen atoms in total. The number of carbonyl (C=O) groups is 2. The molecule has 4 N–H and O–H groups in total. The molecule has 1 aromatic carbocycles. The number of ketones is 1. The van der Waals surface area contributed by atoms with E-state index in [1.165, 1.54) is 6.92 Å². The Morgan fingerprint density at radius 2 is 2.16 bits per heavy atom. The molecule has 0 radical (unpaired) electrons. The molecule has 1 heterocycles. The number of piperidine rings is 1. The standard InChI is InChI=1S/C19H24N2O4/c1-10-5-12(23)6-14-13(10)7-17-19(25)8-15(21-11(2)22)16(24)9-18(14,19)3-4-20-17/h5-6,15,17,20,23,25H,3-4,7-9H2,1-2H3,(H,21,22)/t15-,17+,18+,19+/m0/s1. The maximum atomic E-state index is 12.8. The molecule has 0 unspecified atom stereocenters. The van der Waals surface area contributed by atoms with E-state index < -0.39 is 17.1 Å². The minimum Gasteiger partial charge on any atom is -0.508 e. The Balaban J connectivity index is 1.88. The van der Waals surface area contributed by atoms with Gasteiger partial charge in [0.2, 0.25) is 5.91 Å². The number of amides is 1. The van der Waals surface area contributed by atoms with Crippen LogP contribution in [0.25, 0.3) is 0 Å². The molecule has 1 aliphatic heterocycles. The van der Waals surface area contributed by atoms with E-state index in [9.17, 15) is 19.8 Å². The van der Waals surface area contributed by atoms with Gasteiger partial charge in [0, 0.05) is 31.2 Å². The summed E-state index contributed by atoms with van der Waals surface area (Å²) in [4.78, 5) is 24.3. The number of aliphatic hydroxyl groups is 1. The van der Waals surface area contributed by atoms with Crippen molar-refractivity contribution in [2.75, 3.05) is 6.54 Å². The Kier molecular flexibility index (Phi) is 3.50. The average Bonchev–Trinajstić information content (AvgIpc) is 2.49. The third-order valence-corrected chi connectivity index (χ3v) is 6.49. The zero-order valence-corrected chi connectivity index (χ0v) is 14.6. The van der Waals surface area contributed by atoms with Crippen molar-refractivity contribution in [3.05, 3.63) is 28.8 Å². The molecule has 2 fully saturated rings. The van der Waals surface area contributed by atoms with E-state index in [0.717, 1.165) is 23.2 Å². The third kappa shape index (κ3) is 2.17. The SMILES string of the molecule is CC(=O)N[C@H]1C[C@@]2(O)[C@H]3Cc4c(C)cc(O)cc4[C@@]2(CCN3)CC1=O. The number of aromatic hydroxyl groups is 1. The smallest absolute Gasteiger partial charge is 0.217 e. The summed E-state index contributed by atoms with van der Waals surface area (Å²) < 4.78 is 0. The second-order valence-corrected chi connectivity index (χ2v) is 7.86. The lowest BCUT2D eigenvalue weighted by atomic mass is 9.49. The summed E-state index contributed by atoms with van der Waals surface area (Å²) in [6.07, 6.45) is 1.68. The van der Waals surface area contributed by atoms with Crippen LogP contribution in [-0.2, 0) is 21.4 Å². The van der Waals surface area contributed by atoms with Gasteiger partial charge in [-0.15, -0.1) is 0 Å². The van der Waals surface area contributed by atoms with Crippen LogP contribution in [0.15, 0.2) is 12.1 Å². The number of phenolic OH excluding ortho intramolecular Hbond substituents is 1. The summed E-state index contributed by atoms with van der Waals surface area (Å²) >= 11 is 0. The minimum atomic E-state index is -1.13. The summed E-state index contributed by atoms with van der Waals surface area (Å²) in [6.45, 7) is 4.07. The van der Waals surface area contributed by atoms with Crippen LogP contribution in [0.5, 0.6) is 5.75 Å². The van der Waals surface area contributed by atoms with Crippen LogP contribution in [0.2, 0.25) is 0 Å². The van der Waals surface area contributed by atoms with Crippen molar-refractivity contribution in [1.29, 1.82) is 0 Å². The molecule has 1 saturated carbocycles. The minimum absolute atomic E-state index is 0.0469. The number of fused-ring (bicyclic) bond motifs is 1. The van der Waals surface area contributed by atoms with Crippen molar-refractivity contribution >= 4 is 11.7 Å². The molecule has 1 aromatic rings. The van der Waals surface area contributed by atoms with Crippen LogP contribution in [0.4, 0.5) is 0 Å². The van der Waals surface area contributed by atoms with E-state index in [2.05, 4.69) is 10.6 Å². The van der Waals surface area contributed by atoms with Crippen LogP contribution in [0, 0.1) is 6.92 Å². The van der Waals surface area contributed by atoms with Gasteiger partial charge in [0.05, 0.1) is 11.6 Å². The van der Waals surface area contributed by atoms with Gasteiger partial charge < -0.3 is 20.8 Å². The summed E-state index contributed by atoms with van der Waals surface area (Å²) in [6, 6.07) is 2.64. The number of Topliss-reactive ketones (excluding diaryl/α,β-unsaturated/α-hetero) is 1. The molecule has 1 amide bonds. The summed E-state index contributed by atoms with van der Waals surface area (Å²) in [5.74, 6) is -0.142. The van der Waals surface area contributed by atoms with Crippen LogP contribution < -0.4 is 10.6 Å². The second-order valence-electron chi connectivity index (χ2n) is 7.86. The number of nitrogens with one attached hydrogen (secondary N) is 2. The van der Waals surface area contributed by atoms with Crippen LogP contribution in [0.1, 0.15) is 42.9 Å². The molecular weight excluding hydrogens is 320 g/mol. The number of aryl methyl sites for hydroxylation is 1. The van der Waals surface area contributed by atoms with E-state index >= 15 is 0 Å². The van der Waals surface area contributed by atoms with Gasteiger partial charge in [-0.1, -0.05) is 0 Å². The lowest BCUT2D eigenvalue weighted by Gasteiger charge is -2.61. The Morgan fingerprint density at radius 1 is 1.40 bits per heavy atom. The fraction of sp³-hybridized carbons (Fsp3) is 0.579. The maximum absolute atomic E-state index is 12.8. The summed E-state index contributed by atoms with van der Waals surface area (Å²) in [7, 11) is 0. The Hall–Kier alpha value is -1.92. The molecule has 134 valence electrons. The first-order valence-corrected chi connectivity index (χ1v) is 8.85. The highest BCUT2D eigenvalue weighted by atomic mass is 16.3. The molecule has 2 aliphatic carbocycles. The molecular formula is C19H24N2O4. The zero-order valence-electron chi connectivity index (χ0n) is 14.6. The lowest BCUT2D eigenvalue weighted by Crippen LogP contribution is -2.75. The monoisotopic (exact) mass is 344 g/mol. The molecule has 4 atom stereocenters. The second kappa shape index (κ2) is 5.29. The van der Waals surface area contributed by atoms with Gasteiger partial charge in [0.25, 0.3) is 0 Å². The summed E-state index contributed by atoms with van der Waals surface area (Å²) in [5.41, 5.74) is 1.18. The predicted octanol–water partition coefficient (Wildman–Crippen LogP) is 0.455. The zero-order chi connectivity index (χ0) is 18.0. The quantitative estimate of drug-likeness (QED) is 0.593. The number of hydrogen-bond donors (Lipinski definition) is 4. The van der Waals surface area contributed by atoms with Crippen molar-refractivity contribution in [3.63, 3.8) is 0 Å². The van der Waals surface area contributed by atoms with Crippen molar-refractivity contribution in [2.45, 2.75) is 62.6 Å². The Morgan fingerprint density at radius 3 is 2.88 bits per heavy atom. The number of phenols is 1. The average molecular weight is 344 g/mol. The van der Waals surface area contributed by atoms with E-state index in [4.69, 9.17) is 0 Å². The van der Waals surface area contributed by atoms with Gasteiger partial charge in [-0.2, -0.15) is 0 Å². The van der Waals surface area contributed by atoms with E-state index in [1.807, 2.05) is 6.92 Å². The highest BCUT2D eigenvalue weighted by molar-refractivity contribution is 5.91. The molecule has 3 aliphatic rings. The van der Waals surface area contributed by atoms with Crippen molar-refractivity contribution < 1.29 is 19.8 Å². The number of hydrogen-bond acceptors (Lipinski definition) is 5. The van der Waals surface area contributed by atoms with Crippen LogP contribution in [-0.4, -0.2) is 46.1 Å². The highest BCUT2D eigenvalue weighted by Gasteiger charge is 2.65. The van der Waals surface area contributed by atoms with Gasteiger partial charge in [-0.3, -0.25) is 9.59 Å². The van der Waals surface area contributed by atoms with E-state index in [1.54, 1.807) is 12.1 Å². The molecule has 0 spiro atoms. The first kappa shape index (κ1) is 16.5. The van der Waals surface area contributed by atoms with Crippen molar-refractivity contribution in [2.24, 2.45) is 0 Å². The molecule has 2 bridgehead atoms. The van der Waals surface area contributed by atoms with Crippen LogP contribution in [0.3, 0.4) is 0 Å². The van der Waals surface area contributed by atoms with Gasteiger partial charge in [0.15, 0.2) is 5.78 Å². The largest absolute Gasteiger partial charge is 0.508 e. The number of carbonyl (C=O) groups excluding carboxylic acids is 2. The van der Waals surface area contributed by atoms with Crippen LogP contribution >= 0.6 is 0 Å². The van der Waals surface area contributed by atoms with E-state index in [0.29, 0.717) is 12.8 Å². The lowest BCUT2D eigenvalue weighted by molar-refractivity contribution is -0.155. The topological polar surface area (TPSA) is 98.7 Å². The first-order chi connectivity index (χ1) is 11.8. The maximum Gasteiger partial charge on any atom is 0.217 e. The van der Waals surface area contributed by atoms with Gasteiger partial charge in [-0.25, -0.2) is 0 Å². The molecule has 1 saturated heterocycles. The number of benzene rings is 1.